The van der Waals surface area contributed by atoms with Crippen molar-refractivity contribution in [1.29, 1.82) is 0 Å². The van der Waals surface area contributed by atoms with Crippen LogP contribution in [0.15, 0.2) is 30.5 Å². The van der Waals surface area contributed by atoms with Gasteiger partial charge in [-0.2, -0.15) is 9.97 Å². The second-order valence-electron chi connectivity index (χ2n) is 14.8. The van der Waals surface area contributed by atoms with Crippen molar-refractivity contribution in [2.45, 2.75) is 76.2 Å². The summed E-state index contributed by atoms with van der Waals surface area (Å²) in [5.41, 5.74) is -0.685. The monoisotopic (exact) mass is 702 g/mol. The zero-order valence-corrected chi connectivity index (χ0v) is 28.7. The molecule has 4 fully saturated rings. The van der Waals surface area contributed by atoms with Crippen molar-refractivity contribution in [3.8, 4) is 35.4 Å². The Morgan fingerprint density at radius 2 is 1.90 bits per heavy atom. The molecule has 8 rings (SSSR count). The molecule has 10 nitrogen and oxygen atoms in total. The number of phenols is 1. The summed E-state index contributed by atoms with van der Waals surface area (Å²) < 4.78 is 58.6. The first-order chi connectivity index (χ1) is 24.5. The second kappa shape index (κ2) is 13.1. The molecule has 4 aliphatic rings. The fourth-order valence-electron chi connectivity index (χ4n) is 8.75. The second-order valence-corrected chi connectivity index (χ2v) is 14.8. The number of benzene rings is 2. The van der Waals surface area contributed by atoms with Crippen LogP contribution in [0.2, 0.25) is 0 Å². The van der Waals surface area contributed by atoms with E-state index >= 15 is 4.39 Å². The van der Waals surface area contributed by atoms with E-state index in [1.165, 1.54) is 30.5 Å². The van der Waals surface area contributed by atoms with Gasteiger partial charge >= 0.3 is 6.01 Å². The molecule has 2 N–H and O–H groups in total. The number of nitrogens with zero attached hydrogens (tertiary/aromatic N) is 6. The number of hydrogen-bond acceptors (Lipinski definition) is 10. The van der Waals surface area contributed by atoms with E-state index in [4.69, 9.17) is 20.9 Å². The van der Waals surface area contributed by atoms with Crippen LogP contribution in [0.4, 0.5) is 19.0 Å². The van der Waals surface area contributed by atoms with Crippen LogP contribution in [0.3, 0.4) is 0 Å². The fraction of sp³-hybridized carbons (Fsp3) is 0.500. The number of aliphatic hydroxyl groups is 1. The van der Waals surface area contributed by atoms with Gasteiger partial charge < -0.3 is 24.6 Å². The number of anilines is 1. The predicted octanol–water partition coefficient (Wildman–Crippen LogP) is 5.37. The van der Waals surface area contributed by atoms with Crippen LogP contribution in [0.1, 0.15) is 51.5 Å². The molecular formula is C38H41F3N6O4. The standard InChI is InChI=1S/C38H41F3N6O4/c1-4-27-30(40)9-6-22-12-26(48)13-28(31(22)27)33-32(41)34-29(15-42-33)35(44-36(43-34)51-20-38-10-5-11-46(38)16-23(39)14-38)45-17-24-7-8-25(18-45)47(24)37(49)50-19-21(2)3/h1,6,9,12-13,15,21,23-25,37,48-49H,5,7-8,10-11,14,16-20H2,2-3H3/t23-,24?,25?,37?,38+/m1/s1. The number of aromatic nitrogens is 3. The Labute approximate surface area is 294 Å². The highest BCUT2D eigenvalue weighted by atomic mass is 19.1. The Morgan fingerprint density at radius 3 is 2.65 bits per heavy atom. The van der Waals surface area contributed by atoms with Crippen molar-refractivity contribution < 1.29 is 32.9 Å². The molecule has 0 aliphatic carbocycles. The number of alkyl halides is 1. The maximum absolute atomic E-state index is 17.0. The number of halogens is 3. The summed E-state index contributed by atoms with van der Waals surface area (Å²) in [6.07, 6.45) is 8.94. The van der Waals surface area contributed by atoms with Crippen molar-refractivity contribution in [1.82, 2.24) is 24.8 Å². The third-order valence-corrected chi connectivity index (χ3v) is 11.0. The van der Waals surface area contributed by atoms with Crippen LogP contribution in [0, 0.1) is 29.9 Å². The van der Waals surface area contributed by atoms with E-state index < -0.39 is 29.8 Å². The smallest absolute Gasteiger partial charge is 0.319 e. The molecule has 4 aliphatic heterocycles. The van der Waals surface area contributed by atoms with E-state index in [-0.39, 0.29) is 64.1 Å². The minimum absolute atomic E-state index is 0.0426. The molecule has 0 amide bonds. The van der Waals surface area contributed by atoms with Crippen molar-refractivity contribution in [3.05, 3.63) is 47.7 Å². The summed E-state index contributed by atoms with van der Waals surface area (Å²) in [5, 5.41) is 22.6. The molecule has 51 heavy (non-hydrogen) atoms. The number of aromatic hydroxyl groups is 1. The summed E-state index contributed by atoms with van der Waals surface area (Å²) in [4.78, 5) is 20.1. The summed E-state index contributed by atoms with van der Waals surface area (Å²) in [7, 11) is 0. The van der Waals surface area contributed by atoms with Gasteiger partial charge in [-0.05, 0) is 61.7 Å². The Morgan fingerprint density at radius 1 is 1.12 bits per heavy atom. The number of pyridine rings is 1. The molecule has 0 saturated carbocycles. The minimum atomic E-state index is -1.04. The molecule has 6 heterocycles. The third-order valence-electron chi connectivity index (χ3n) is 11.0. The first-order valence-electron chi connectivity index (χ1n) is 17.7. The first kappa shape index (κ1) is 33.9. The minimum Gasteiger partial charge on any atom is -0.508 e. The Bertz CT molecular complexity index is 2030. The quantitative estimate of drug-likeness (QED) is 0.175. The van der Waals surface area contributed by atoms with E-state index in [0.29, 0.717) is 49.3 Å². The lowest BCUT2D eigenvalue weighted by Gasteiger charge is -2.43. The number of aliphatic hydroxyl groups excluding tert-OH is 1. The summed E-state index contributed by atoms with van der Waals surface area (Å²) in [6, 6.07) is 5.28. The normalized spacial score (nSPS) is 25.6. The van der Waals surface area contributed by atoms with Gasteiger partial charge in [0, 0.05) is 55.3 Å². The first-order valence-corrected chi connectivity index (χ1v) is 17.7. The van der Waals surface area contributed by atoms with Crippen LogP contribution < -0.4 is 9.64 Å². The molecule has 3 unspecified atom stereocenters. The van der Waals surface area contributed by atoms with E-state index in [0.717, 1.165) is 32.2 Å². The van der Waals surface area contributed by atoms with Crippen molar-refractivity contribution in [3.63, 3.8) is 0 Å². The molecule has 2 aromatic heterocycles. The molecular weight excluding hydrogens is 661 g/mol. The molecule has 268 valence electrons. The number of ether oxygens (including phenoxy) is 2. The van der Waals surface area contributed by atoms with Crippen LogP contribution >= 0.6 is 0 Å². The number of hydrogen-bond donors (Lipinski definition) is 2. The largest absolute Gasteiger partial charge is 0.508 e. The number of fused-ring (bicyclic) bond motifs is 5. The molecule has 2 bridgehead atoms. The number of terminal acetylenes is 1. The van der Waals surface area contributed by atoms with Gasteiger partial charge in [0.2, 0.25) is 6.41 Å². The molecule has 5 atom stereocenters. The average molecular weight is 703 g/mol. The Balaban J connectivity index is 1.22. The maximum Gasteiger partial charge on any atom is 0.319 e. The zero-order valence-electron chi connectivity index (χ0n) is 28.7. The zero-order chi connectivity index (χ0) is 35.6. The van der Waals surface area contributed by atoms with Gasteiger partial charge in [0.05, 0.1) is 23.1 Å². The van der Waals surface area contributed by atoms with Crippen LogP contribution in [0.5, 0.6) is 11.8 Å². The van der Waals surface area contributed by atoms with Crippen molar-refractivity contribution in [2.24, 2.45) is 5.92 Å². The lowest BCUT2D eigenvalue weighted by molar-refractivity contribution is -0.214. The molecule has 2 aromatic carbocycles. The highest BCUT2D eigenvalue weighted by Crippen LogP contribution is 2.43. The molecule has 0 radical (unpaired) electrons. The van der Waals surface area contributed by atoms with Crippen molar-refractivity contribution in [2.75, 3.05) is 44.3 Å². The SMILES string of the molecule is C#Cc1c(F)ccc2cc(O)cc(-c3ncc4c(N5CC6CCC(C5)N6C(O)OCC(C)C)nc(OC[C@@]56CCCN5C[C@H](F)C6)nc4c3F)c12. The Kier molecular flexibility index (Phi) is 8.69. The molecule has 0 spiro atoms. The molecule has 13 heteroatoms. The highest BCUT2D eigenvalue weighted by Gasteiger charge is 2.50. The van der Waals surface area contributed by atoms with Gasteiger partial charge in [-0.3, -0.25) is 9.88 Å². The van der Waals surface area contributed by atoms with Gasteiger partial charge in [0.15, 0.2) is 5.82 Å². The number of phenolic OH excluding ortho intramolecular Hbond substituents is 1. The maximum atomic E-state index is 17.0. The summed E-state index contributed by atoms with van der Waals surface area (Å²) in [6.45, 7) is 6.74. The van der Waals surface area contributed by atoms with Gasteiger partial charge in [-0.25, -0.2) is 18.1 Å². The van der Waals surface area contributed by atoms with Crippen LogP contribution in [-0.4, -0.2) is 105 Å². The van der Waals surface area contributed by atoms with Gasteiger partial charge in [0.1, 0.15) is 41.4 Å². The van der Waals surface area contributed by atoms with Crippen LogP contribution in [0.25, 0.3) is 32.9 Å². The Hall–Kier alpha value is -4.22. The number of piperazine rings is 1. The fourth-order valence-corrected chi connectivity index (χ4v) is 8.75. The van der Waals surface area contributed by atoms with Gasteiger partial charge in [0.25, 0.3) is 0 Å². The lowest BCUT2D eigenvalue weighted by atomic mass is 9.95. The lowest BCUT2D eigenvalue weighted by Crippen LogP contribution is -2.58. The van der Waals surface area contributed by atoms with Crippen molar-refractivity contribution >= 4 is 27.5 Å². The molecule has 4 aromatic rings. The van der Waals surface area contributed by atoms with Gasteiger partial charge in [-0.15, -0.1) is 6.42 Å². The van der Waals surface area contributed by atoms with E-state index in [1.54, 1.807) is 0 Å². The number of rotatable bonds is 9. The summed E-state index contributed by atoms with van der Waals surface area (Å²) in [5.74, 6) is 1.42. The third kappa shape index (κ3) is 5.92. The summed E-state index contributed by atoms with van der Waals surface area (Å²) >= 11 is 0. The molecule has 4 saturated heterocycles. The predicted molar refractivity (Wildman–Crippen MR) is 186 cm³/mol. The van der Waals surface area contributed by atoms with Gasteiger partial charge in [-0.1, -0.05) is 25.8 Å². The van der Waals surface area contributed by atoms with Crippen LogP contribution in [-0.2, 0) is 4.74 Å². The topological polar surface area (TPSA) is 107 Å². The average Bonchev–Trinajstić information content (AvgIpc) is 3.72. The van der Waals surface area contributed by atoms with E-state index in [1.807, 2.05) is 18.7 Å². The van der Waals surface area contributed by atoms with E-state index in [2.05, 4.69) is 25.7 Å². The van der Waals surface area contributed by atoms with E-state index in [9.17, 15) is 19.0 Å². The highest BCUT2D eigenvalue weighted by molar-refractivity contribution is 6.03.